The summed E-state index contributed by atoms with van der Waals surface area (Å²) in [7, 11) is 0. The molecule has 5 heteroatoms. The van der Waals surface area contributed by atoms with Gasteiger partial charge in [-0.3, -0.25) is 4.90 Å². The Hall–Kier alpha value is -0.710. The Bertz CT molecular complexity index is 374. The van der Waals surface area contributed by atoms with Crippen molar-refractivity contribution in [3.63, 3.8) is 0 Å². The number of hydrogen-bond donors (Lipinski definition) is 1. The lowest BCUT2D eigenvalue weighted by atomic mass is 10.1. The molecule has 1 aromatic carbocycles. The van der Waals surface area contributed by atoms with E-state index in [9.17, 15) is 8.78 Å². The van der Waals surface area contributed by atoms with Gasteiger partial charge in [0.05, 0.1) is 0 Å². The molecule has 1 aliphatic rings. The van der Waals surface area contributed by atoms with E-state index in [1.54, 1.807) is 0 Å². The van der Waals surface area contributed by atoms with Crippen LogP contribution in [0.25, 0.3) is 0 Å². The minimum Gasteiger partial charge on any atom is -0.312 e. The van der Waals surface area contributed by atoms with Crippen molar-refractivity contribution in [3.05, 3.63) is 35.4 Å². The number of piperazine rings is 1. The standard InChI is InChI=1S/C12H16F2N2.ClH/c1-9-7-16(5-4-15-9)8-10-6-11(13)2-3-12(10)14;/h2-3,6,9,15H,4-5,7-8H2,1H3;1H. The number of nitrogens with one attached hydrogen (secondary N) is 1. The van der Waals surface area contributed by atoms with Crippen molar-refractivity contribution < 1.29 is 8.78 Å². The first kappa shape index (κ1) is 14.4. The zero-order valence-corrected chi connectivity index (χ0v) is 10.6. The molecule has 2 nitrogen and oxygen atoms in total. The van der Waals surface area contributed by atoms with Crippen molar-refractivity contribution >= 4 is 12.4 Å². The van der Waals surface area contributed by atoms with Gasteiger partial charge in [0.25, 0.3) is 0 Å². The summed E-state index contributed by atoms with van der Waals surface area (Å²) in [4.78, 5) is 2.14. The van der Waals surface area contributed by atoms with E-state index >= 15 is 0 Å². The van der Waals surface area contributed by atoms with Crippen LogP contribution in [0.1, 0.15) is 12.5 Å². The van der Waals surface area contributed by atoms with Crippen LogP contribution in [-0.4, -0.2) is 30.6 Å². The fraction of sp³-hybridized carbons (Fsp3) is 0.500. The van der Waals surface area contributed by atoms with E-state index in [1.807, 2.05) is 0 Å². The van der Waals surface area contributed by atoms with Crippen LogP contribution in [0.15, 0.2) is 18.2 Å². The van der Waals surface area contributed by atoms with Gasteiger partial charge in [-0.2, -0.15) is 0 Å². The molecule has 1 atom stereocenters. The monoisotopic (exact) mass is 262 g/mol. The third-order valence-electron chi connectivity index (χ3n) is 2.85. The summed E-state index contributed by atoms with van der Waals surface area (Å²) in [5.74, 6) is -0.702. The average molecular weight is 263 g/mol. The Balaban J connectivity index is 0.00000144. The molecule has 1 aromatic rings. The van der Waals surface area contributed by atoms with E-state index in [0.717, 1.165) is 25.7 Å². The lowest BCUT2D eigenvalue weighted by Gasteiger charge is -2.31. The summed E-state index contributed by atoms with van der Waals surface area (Å²) in [5, 5.41) is 3.31. The number of nitrogens with zero attached hydrogens (tertiary/aromatic N) is 1. The Morgan fingerprint density at radius 2 is 2.18 bits per heavy atom. The molecule has 1 N–H and O–H groups in total. The summed E-state index contributed by atoms with van der Waals surface area (Å²) >= 11 is 0. The largest absolute Gasteiger partial charge is 0.312 e. The fourth-order valence-corrected chi connectivity index (χ4v) is 2.06. The highest BCUT2D eigenvalue weighted by Crippen LogP contribution is 2.13. The lowest BCUT2D eigenvalue weighted by Crippen LogP contribution is -2.48. The van der Waals surface area contributed by atoms with Crippen molar-refractivity contribution in [1.82, 2.24) is 10.2 Å². The molecule has 0 bridgehead atoms. The zero-order valence-electron chi connectivity index (χ0n) is 9.75. The maximum Gasteiger partial charge on any atom is 0.127 e. The van der Waals surface area contributed by atoms with E-state index in [0.29, 0.717) is 18.2 Å². The molecule has 17 heavy (non-hydrogen) atoms. The van der Waals surface area contributed by atoms with Gasteiger partial charge in [-0.05, 0) is 25.1 Å². The van der Waals surface area contributed by atoms with Crippen LogP contribution in [-0.2, 0) is 6.54 Å². The Morgan fingerprint density at radius 3 is 2.88 bits per heavy atom. The highest BCUT2D eigenvalue weighted by Gasteiger charge is 2.17. The first-order valence-electron chi connectivity index (χ1n) is 5.55. The van der Waals surface area contributed by atoms with E-state index in [-0.39, 0.29) is 24.0 Å². The van der Waals surface area contributed by atoms with Gasteiger partial charge >= 0.3 is 0 Å². The molecule has 1 aliphatic heterocycles. The van der Waals surface area contributed by atoms with Crippen LogP contribution >= 0.6 is 12.4 Å². The highest BCUT2D eigenvalue weighted by atomic mass is 35.5. The van der Waals surface area contributed by atoms with Gasteiger partial charge in [-0.25, -0.2) is 8.78 Å². The molecule has 0 spiro atoms. The van der Waals surface area contributed by atoms with Crippen molar-refractivity contribution in [2.24, 2.45) is 0 Å². The van der Waals surface area contributed by atoms with Crippen LogP contribution in [0.5, 0.6) is 0 Å². The predicted octanol–water partition coefficient (Wildman–Crippen LogP) is 2.18. The Morgan fingerprint density at radius 1 is 1.41 bits per heavy atom. The zero-order chi connectivity index (χ0) is 11.5. The summed E-state index contributed by atoms with van der Waals surface area (Å²) in [6.45, 7) is 5.22. The van der Waals surface area contributed by atoms with E-state index in [1.165, 1.54) is 12.1 Å². The predicted molar refractivity (Wildman–Crippen MR) is 66.3 cm³/mol. The minimum absolute atomic E-state index is 0. The second-order valence-electron chi connectivity index (χ2n) is 4.33. The third-order valence-corrected chi connectivity index (χ3v) is 2.85. The van der Waals surface area contributed by atoms with Crippen molar-refractivity contribution in [1.29, 1.82) is 0 Å². The smallest absolute Gasteiger partial charge is 0.127 e. The van der Waals surface area contributed by atoms with Crippen LogP contribution in [0.2, 0.25) is 0 Å². The van der Waals surface area contributed by atoms with Crippen molar-refractivity contribution in [3.8, 4) is 0 Å². The third kappa shape index (κ3) is 3.91. The summed E-state index contributed by atoms with van der Waals surface area (Å²) in [6.07, 6.45) is 0. The van der Waals surface area contributed by atoms with Gasteiger partial charge < -0.3 is 5.32 Å². The molecule has 1 unspecified atom stereocenters. The van der Waals surface area contributed by atoms with Gasteiger partial charge in [0.15, 0.2) is 0 Å². The number of benzene rings is 1. The SMILES string of the molecule is CC1CN(Cc2cc(F)ccc2F)CCN1.Cl. The summed E-state index contributed by atoms with van der Waals surface area (Å²) in [5.41, 5.74) is 0.439. The van der Waals surface area contributed by atoms with Gasteiger partial charge in [0, 0.05) is 37.8 Å². The average Bonchev–Trinajstić information content (AvgIpc) is 2.24. The van der Waals surface area contributed by atoms with E-state index in [4.69, 9.17) is 0 Å². The Kier molecular flexibility index (Phi) is 5.31. The molecule has 0 aliphatic carbocycles. The number of rotatable bonds is 2. The molecule has 1 heterocycles. The first-order chi connectivity index (χ1) is 7.65. The molecule has 0 amide bonds. The quantitative estimate of drug-likeness (QED) is 0.879. The normalized spacial score (nSPS) is 21.0. The molecular formula is C12H17ClF2N2. The van der Waals surface area contributed by atoms with E-state index in [2.05, 4.69) is 17.1 Å². The topological polar surface area (TPSA) is 15.3 Å². The van der Waals surface area contributed by atoms with Gasteiger partial charge in [0.2, 0.25) is 0 Å². The molecule has 0 radical (unpaired) electrons. The molecule has 0 saturated carbocycles. The van der Waals surface area contributed by atoms with Gasteiger partial charge in [-0.15, -0.1) is 12.4 Å². The number of halogens is 3. The molecular weight excluding hydrogens is 246 g/mol. The first-order valence-corrected chi connectivity index (χ1v) is 5.55. The molecule has 2 rings (SSSR count). The fourth-order valence-electron chi connectivity index (χ4n) is 2.06. The van der Waals surface area contributed by atoms with Crippen LogP contribution in [0.4, 0.5) is 8.78 Å². The van der Waals surface area contributed by atoms with Crippen molar-refractivity contribution in [2.75, 3.05) is 19.6 Å². The molecule has 1 fully saturated rings. The second-order valence-corrected chi connectivity index (χ2v) is 4.33. The van der Waals surface area contributed by atoms with Gasteiger partial charge in [-0.1, -0.05) is 0 Å². The lowest BCUT2D eigenvalue weighted by molar-refractivity contribution is 0.197. The molecule has 1 saturated heterocycles. The summed E-state index contributed by atoms with van der Waals surface area (Å²) in [6, 6.07) is 4.03. The minimum atomic E-state index is -0.375. The highest BCUT2D eigenvalue weighted by molar-refractivity contribution is 5.85. The molecule has 0 aromatic heterocycles. The Labute approximate surface area is 106 Å². The van der Waals surface area contributed by atoms with Crippen molar-refractivity contribution in [2.45, 2.75) is 19.5 Å². The maximum atomic E-state index is 13.4. The van der Waals surface area contributed by atoms with Gasteiger partial charge in [0.1, 0.15) is 11.6 Å². The summed E-state index contributed by atoms with van der Waals surface area (Å²) < 4.78 is 26.4. The van der Waals surface area contributed by atoms with Crippen LogP contribution in [0.3, 0.4) is 0 Å². The van der Waals surface area contributed by atoms with E-state index < -0.39 is 0 Å². The number of hydrogen-bond acceptors (Lipinski definition) is 2. The van der Waals surface area contributed by atoms with Crippen LogP contribution in [0, 0.1) is 11.6 Å². The molecule has 96 valence electrons. The maximum absolute atomic E-state index is 13.4. The second kappa shape index (κ2) is 6.28. The van der Waals surface area contributed by atoms with Crippen LogP contribution < -0.4 is 5.32 Å².